The molecule has 152 valence electrons. The first-order chi connectivity index (χ1) is 14.0. The van der Waals surface area contributed by atoms with Gasteiger partial charge in [-0.25, -0.2) is 0 Å². The van der Waals surface area contributed by atoms with Crippen LogP contribution in [0.15, 0.2) is 48.8 Å². The minimum absolute atomic E-state index is 0.0493. The summed E-state index contributed by atoms with van der Waals surface area (Å²) in [6, 6.07) is 12.3. The fourth-order valence-electron chi connectivity index (χ4n) is 2.80. The lowest BCUT2D eigenvalue weighted by Gasteiger charge is -2.23. The second-order valence-corrected chi connectivity index (χ2v) is 6.82. The summed E-state index contributed by atoms with van der Waals surface area (Å²) in [5.74, 6) is -0.707. The van der Waals surface area contributed by atoms with Gasteiger partial charge in [-0.2, -0.15) is 5.26 Å². The van der Waals surface area contributed by atoms with E-state index in [4.69, 9.17) is 5.26 Å². The Morgan fingerprint density at radius 2 is 1.83 bits per heavy atom. The Morgan fingerprint density at radius 1 is 1.14 bits per heavy atom. The van der Waals surface area contributed by atoms with E-state index in [0.29, 0.717) is 5.56 Å². The first-order valence-corrected chi connectivity index (χ1v) is 9.73. The quantitative estimate of drug-likeness (QED) is 0.538. The zero-order valence-electron chi connectivity index (χ0n) is 16.8. The molecule has 1 heterocycles. The van der Waals surface area contributed by atoms with Crippen LogP contribution in [-0.2, 0) is 11.2 Å². The van der Waals surface area contributed by atoms with E-state index in [9.17, 15) is 9.59 Å². The molecule has 0 spiro atoms. The number of anilines is 1. The number of nitriles is 1. The van der Waals surface area contributed by atoms with Gasteiger partial charge < -0.3 is 16.0 Å². The summed E-state index contributed by atoms with van der Waals surface area (Å²) in [6.45, 7) is 4.53. The van der Waals surface area contributed by atoms with Gasteiger partial charge in [-0.15, -0.1) is 0 Å². The molecule has 2 atom stereocenters. The highest BCUT2D eigenvalue weighted by molar-refractivity contribution is 5.97. The number of nitrogens with zero attached hydrogens (tertiary/aromatic N) is 2. The van der Waals surface area contributed by atoms with Crippen LogP contribution < -0.4 is 16.0 Å². The van der Waals surface area contributed by atoms with E-state index in [1.807, 2.05) is 44.2 Å². The highest BCUT2D eigenvalue weighted by Crippen LogP contribution is 2.12. The number of hydrogen-bond donors (Lipinski definition) is 3. The van der Waals surface area contributed by atoms with Crippen LogP contribution in [0.1, 0.15) is 36.2 Å². The van der Waals surface area contributed by atoms with Crippen LogP contribution >= 0.6 is 0 Å². The van der Waals surface area contributed by atoms with E-state index >= 15 is 0 Å². The molecule has 0 aliphatic carbocycles. The van der Waals surface area contributed by atoms with Gasteiger partial charge in [0.25, 0.3) is 5.91 Å². The third kappa shape index (κ3) is 6.92. The maximum absolute atomic E-state index is 12.6. The van der Waals surface area contributed by atoms with Crippen LogP contribution in [0.3, 0.4) is 0 Å². The predicted molar refractivity (Wildman–Crippen MR) is 112 cm³/mol. The van der Waals surface area contributed by atoms with Crippen molar-refractivity contribution >= 4 is 17.5 Å². The molecule has 2 amide bonds. The standard InChI is InChI=1S/C22H27N5O2/c1-3-16(2)20(22(29)26-15-11-23)27-21(28)18-4-6-19(7-5-18)25-14-10-17-8-12-24-13-9-17/h4-9,12-13,16,20,25H,3,10,14-15H2,1-2H3,(H,26,29)(H,27,28). The van der Waals surface area contributed by atoms with Gasteiger partial charge in [0.15, 0.2) is 0 Å². The lowest BCUT2D eigenvalue weighted by atomic mass is 9.98. The SMILES string of the molecule is CCC(C)C(NC(=O)c1ccc(NCCc2ccncc2)cc1)C(=O)NCC#N. The van der Waals surface area contributed by atoms with Crippen molar-refractivity contribution in [3.8, 4) is 6.07 Å². The Kier molecular flexibility index (Phi) is 8.64. The zero-order chi connectivity index (χ0) is 21.1. The van der Waals surface area contributed by atoms with E-state index in [1.54, 1.807) is 24.5 Å². The summed E-state index contributed by atoms with van der Waals surface area (Å²) in [5.41, 5.74) is 2.60. The second kappa shape index (κ2) is 11.4. The number of aromatic nitrogens is 1. The molecule has 0 saturated carbocycles. The Labute approximate surface area is 171 Å². The molecule has 1 aromatic heterocycles. The van der Waals surface area contributed by atoms with Gasteiger partial charge in [-0.1, -0.05) is 20.3 Å². The summed E-state index contributed by atoms with van der Waals surface area (Å²) in [6.07, 6.45) is 5.15. The highest BCUT2D eigenvalue weighted by atomic mass is 16.2. The van der Waals surface area contributed by atoms with Crippen molar-refractivity contribution < 1.29 is 9.59 Å². The van der Waals surface area contributed by atoms with Crippen LogP contribution in [0.25, 0.3) is 0 Å². The number of pyridine rings is 1. The molecule has 0 radical (unpaired) electrons. The van der Waals surface area contributed by atoms with Gasteiger partial charge in [-0.3, -0.25) is 14.6 Å². The Bertz CT molecular complexity index is 831. The molecule has 0 saturated heterocycles. The first kappa shape index (κ1) is 21.9. The number of amides is 2. The van der Waals surface area contributed by atoms with Gasteiger partial charge in [0, 0.05) is 30.2 Å². The number of rotatable bonds is 10. The van der Waals surface area contributed by atoms with E-state index in [0.717, 1.165) is 25.1 Å². The van der Waals surface area contributed by atoms with Crippen molar-refractivity contribution in [3.05, 3.63) is 59.9 Å². The van der Waals surface area contributed by atoms with Gasteiger partial charge >= 0.3 is 0 Å². The molecule has 7 nitrogen and oxygen atoms in total. The van der Waals surface area contributed by atoms with Crippen LogP contribution in [0.5, 0.6) is 0 Å². The fourth-order valence-corrected chi connectivity index (χ4v) is 2.80. The van der Waals surface area contributed by atoms with Crippen molar-refractivity contribution in [2.75, 3.05) is 18.4 Å². The molecular formula is C22H27N5O2. The minimum atomic E-state index is -0.681. The topological polar surface area (TPSA) is 107 Å². The summed E-state index contributed by atoms with van der Waals surface area (Å²) in [5, 5.41) is 17.3. The third-order valence-corrected chi connectivity index (χ3v) is 4.76. The summed E-state index contributed by atoms with van der Waals surface area (Å²) in [7, 11) is 0. The van der Waals surface area contributed by atoms with Crippen LogP contribution in [0.4, 0.5) is 5.69 Å². The van der Waals surface area contributed by atoms with E-state index in [2.05, 4.69) is 20.9 Å². The fraction of sp³-hybridized carbons (Fsp3) is 0.364. The predicted octanol–water partition coefficient (Wildman–Crippen LogP) is 2.52. The summed E-state index contributed by atoms with van der Waals surface area (Å²) >= 11 is 0. The van der Waals surface area contributed by atoms with Crippen molar-refractivity contribution in [2.24, 2.45) is 5.92 Å². The molecule has 3 N–H and O–H groups in total. The van der Waals surface area contributed by atoms with Gasteiger partial charge in [-0.05, 0) is 54.3 Å². The van der Waals surface area contributed by atoms with E-state index in [-0.39, 0.29) is 24.3 Å². The maximum atomic E-state index is 12.6. The normalized spacial score (nSPS) is 12.3. The molecule has 2 unspecified atom stereocenters. The van der Waals surface area contributed by atoms with Crippen molar-refractivity contribution in [2.45, 2.75) is 32.7 Å². The lowest BCUT2D eigenvalue weighted by Crippen LogP contribution is -2.50. The Hall–Kier alpha value is -3.40. The molecule has 2 aromatic rings. The van der Waals surface area contributed by atoms with Gasteiger partial charge in [0.05, 0.1) is 6.07 Å². The van der Waals surface area contributed by atoms with Crippen molar-refractivity contribution in [1.82, 2.24) is 15.6 Å². The zero-order valence-corrected chi connectivity index (χ0v) is 16.8. The molecule has 7 heteroatoms. The maximum Gasteiger partial charge on any atom is 0.251 e. The van der Waals surface area contributed by atoms with Crippen molar-refractivity contribution in [3.63, 3.8) is 0 Å². The molecule has 29 heavy (non-hydrogen) atoms. The monoisotopic (exact) mass is 393 g/mol. The van der Waals surface area contributed by atoms with Crippen LogP contribution in [0.2, 0.25) is 0 Å². The number of benzene rings is 1. The Morgan fingerprint density at radius 3 is 2.45 bits per heavy atom. The highest BCUT2D eigenvalue weighted by Gasteiger charge is 2.26. The van der Waals surface area contributed by atoms with Crippen LogP contribution in [-0.4, -0.2) is 35.9 Å². The van der Waals surface area contributed by atoms with E-state index < -0.39 is 6.04 Å². The van der Waals surface area contributed by atoms with Crippen molar-refractivity contribution in [1.29, 1.82) is 5.26 Å². The average molecular weight is 393 g/mol. The van der Waals surface area contributed by atoms with Gasteiger partial charge in [0.1, 0.15) is 12.6 Å². The average Bonchev–Trinajstić information content (AvgIpc) is 2.76. The van der Waals surface area contributed by atoms with Gasteiger partial charge in [0.2, 0.25) is 5.91 Å². The number of carbonyl (C=O) groups is 2. The molecule has 0 aliphatic rings. The minimum Gasteiger partial charge on any atom is -0.385 e. The number of carbonyl (C=O) groups excluding carboxylic acids is 2. The molecule has 0 bridgehead atoms. The second-order valence-electron chi connectivity index (χ2n) is 6.82. The molecule has 0 aliphatic heterocycles. The lowest BCUT2D eigenvalue weighted by molar-refractivity contribution is -0.123. The molecule has 1 aromatic carbocycles. The van der Waals surface area contributed by atoms with E-state index in [1.165, 1.54) is 5.56 Å². The smallest absolute Gasteiger partial charge is 0.251 e. The Balaban J connectivity index is 1.92. The number of nitrogens with one attached hydrogen (secondary N) is 3. The largest absolute Gasteiger partial charge is 0.385 e. The first-order valence-electron chi connectivity index (χ1n) is 9.73. The van der Waals surface area contributed by atoms with Crippen LogP contribution in [0, 0.1) is 17.2 Å². The molecular weight excluding hydrogens is 366 g/mol. The summed E-state index contributed by atoms with van der Waals surface area (Å²) < 4.78 is 0. The summed E-state index contributed by atoms with van der Waals surface area (Å²) in [4.78, 5) is 28.9. The number of hydrogen-bond acceptors (Lipinski definition) is 5. The third-order valence-electron chi connectivity index (χ3n) is 4.76. The molecule has 0 fully saturated rings. The molecule has 2 rings (SSSR count).